The molecule has 1 fully saturated rings. The Labute approximate surface area is 124 Å². The molecule has 3 N–H and O–H groups in total. The van der Waals surface area contributed by atoms with E-state index in [-0.39, 0.29) is 5.03 Å². The van der Waals surface area contributed by atoms with E-state index >= 15 is 0 Å². The Morgan fingerprint density at radius 1 is 1.40 bits per heavy atom. The molecule has 20 heavy (non-hydrogen) atoms. The first-order valence-electron chi connectivity index (χ1n) is 6.30. The van der Waals surface area contributed by atoms with Crippen molar-refractivity contribution in [3.05, 3.63) is 12.5 Å². The summed E-state index contributed by atoms with van der Waals surface area (Å²) < 4.78 is 26.1. The molecule has 1 aromatic rings. The molecule has 0 aromatic carbocycles. The molecule has 112 valence electrons. The number of hydrogen-bond donors (Lipinski definition) is 2. The smallest absolute Gasteiger partial charge is 0.260 e. The lowest BCUT2D eigenvalue weighted by Gasteiger charge is -2.42. The molecule has 1 aliphatic rings. The van der Waals surface area contributed by atoms with E-state index in [2.05, 4.69) is 14.9 Å². The maximum absolute atomic E-state index is 12.3. The highest BCUT2D eigenvalue weighted by Crippen LogP contribution is 2.20. The summed E-state index contributed by atoms with van der Waals surface area (Å²) in [5.74, 6) is 0. The molecule has 1 aliphatic heterocycles. The topological polar surface area (TPSA) is 95.3 Å². The van der Waals surface area contributed by atoms with Gasteiger partial charge in [0.15, 0.2) is 5.03 Å². The molecule has 0 atom stereocenters. The minimum Gasteiger partial charge on any atom is -0.392 e. The molecule has 0 saturated carbocycles. The summed E-state index contributed by atoms with van der Waals surface area (Å²) in [6.07, 6.45) is 2.68. The molecule has 0 radical (unpaired) electrons. The molecule has 2 heterocycles. The van der Waals surface area contributed by atoms with Crippen LogP contribution in [0.1, 0.15) is 13.8 Å². The second-order valence-electron chi connectivity index (χ2n) is 5.23. The van der Waals surface area contributed by atoms with E-state index in [1.807, 2.05) is 13.8 Å². The molecule has 0 bridgehead atoms. The highest BCUT2D eigenvalue weighted by molar-refractivity contribution is 7.89. The summed E-state index contributed by atoms with van der Waals surface area (Å²) in [4.78, 5) is 8.92. The van der Waals surface area contributed by atoms with Crippen LogP contribution in [0.4, 0.5) is 0 Å². The number of nitrogens with zero attached hydrogens (tertiary/aromatic N) is 3. The molecule has 9 heteroatoms. The third-order valence-corrected chi connectivity index (χ3v) is 6.05. The Bertz CT molecular complexity index is 574. The zero-order chi connectivity index (χ0) is 15.0. The van der Waals surface area contributed by atoms with Gasteiger partial charge in [0, 0.05) is 26.2 Å². The summed E-state index contributed by atoms with van der Waals surface area (Å²) in [5.41, 5.74) is 5.34. The fourth-order valence-corrected chi connectivity index (χ4v) is 3.61. The monoisotopic (exact) mass is 317 g/mol. The number of sulfonamides is 1. The second kappa shape index (κ2) is 5.40. The van der Waals surface area contributed by atoms with Crippen molar-refractivity contribution < 1.29 is 8.42 Å². The third-order valence-electron chi connectivity index (χ3n) is 3.72. The minimum atomic E-state index is -3.48. The maximum atomic E-state index is 12.3. The van der Waals surface area contributed by atoms with Crippen molar-refractivity contribution in [1.29, 1.82) is 0 Å². The van der Waals surface area contributed by atoms with E-state index in [1.165, 1.54) is 16.8 Å². The fraction of sp³-hybridized carbons (Fsp3) is 0.636. The van der Waals surface area contributed by atoms with Crippen molar-refractivity contribution in [2.45, 2.75) is 24.4 Å². The van der Waals surface area contributed by atoms with Gasteiger partial charge < -0.3 is 10.7 Å². The number of aromatic nitrogens is 2. The predicted molar refractivity (Wildman–Crippen MR) is 79.8 cm³/mol. The average Bonchev–Trinajstić information content (AvgIpc) is 2.93. The van der Waals surface area contributed by atoms with Crippen molar-refractivity contribution >= 4 is 27.2 Å². The summed E-state index contributed by atoms with van der Waals surface area (Å²) in [6, 6.07) is 0. The third kappa shape index (κ3) is 2.71. The van der Waals surface area contributed by atoms with E-state index < -0.39 is 15.6 Å². The predicted octanol–water partition coefficient (Wildman–Crippen LogP) is -0.219. The summed E-state index contributed by atoms with van der Waals surface area (Å²) in [6.45, 7) is 5.92. The van der Waals surface area contributed by atoms with Gasteiger partial charge in [-0.05, 0) is 13.8 Å². The van der Waals surface area contributed by atoms with E-state index in [4.69, 9.17) is 18.0 Å². The van der Waals surface area contributed by atoms with Crippen molar-refractivity contribution in [2.75, 3.05) is 26.2 Å². The first-order valence-corrected chi connectivity index (χ1v) is 8.14. The average molecular weight is 317 g/mol. The number of H-pyrrole nitrogens is 1. The van der Waals surface area contributed by atoms with Crippen LogP contribution < -0.4 is 5.73 Å². The summed E-state index contributed by atoms with van der Waals surface area (Å²) in [7, 11) is -3.48. The molecular weight excluding hydrogens is 298 g/mol. The van der Waals surface area contributed by atoms with Crippen LogP contribution >= 0.6 is 12.2 Å². The number of nitrogens with two attached hydrogens (primary N) is 1. The SMILES string of the molecule is CC(C)(C(N)=S)N1CCN(S(=O)(=O)c2cnc[nH]2)CC1. The van der Waals surface area contributed by atoms with Gasteiger partial charge in [0.2, 0.25) is 0 Å². The van der Waals surface area contributed by atoms with Gasteiger partial charge in [-0.15, -0.1) is 0 Å². The maximum Gasteiger partial charge on any atom is 0.260 e. The number of imidazole rings is 1. The van der Waals surface area contributed by atoms with Gasteiger partial charge in [0.25, 0.3) is 10.0 Å². The van der Waals surface area contributed by atoms with Gasteiger partial charge in [-0.3, -0.25) is 4.90 Å². The Morgan fingerprint density at radius 2 is 2.00 bits per heavy atom. The summed E-state index contributed by atoms with van der Waals surface area (Å²) >= 11 is 5.07. The zero-order valence-corrected chi connectivity index (χ0v) is 13.2. The minimum absolute atomic E-state index is 0.125. The summed E-state index contributed by atoms with van der Waals surface area (Å²) in [5, 5.41) is 0.125. The van der Waals surface area contributed by atoms with Crippen LogP contribution in [0.5, 0.6) is 0 Å². The fourth-order valence-electron chi connectivity index (χ4n) is 2.17. The normalized spacial score (nSPS) is 19.1. The largest absolute Gasteiger partial charge is 0.392 e. The number of nitrogens with one attached hydrogen (secondary N) is 1. The van der Waals surface area contributed by atoms with Crippen LogP contribution in [-0.2, 0) is 10.0 Å². The highest BCUT2D eigenvalue weighted by atomic mass is 32.2. The van der Waals surface area contributed by atoms with Crippen LogP contribution in [0.2, 0.25) is 0 Å². The molecule has 7 nitrogen and oxygen atoms in total. The number of rotatable bonds is 4. The highest BCUT2D eigenvalue weighted by Gasteiger charge is 2.36. The van der Waals surface area contributed by atoms with Gasteiger partial charge in [0.1, 0.15) is 0 Å². The van der Waals surface area contributed by atoms with Crippen LogP contribution in [0, 0.1) is 0 Å². The lowest BCUT2D eigenvalue weighted by molar-refractivity contribution is 0.123. The Kier molecular flexibility index (Phi) is 4.14. The zero-order valence-electron chi connectivity index (χ0n) is 11.5. The van der Waals surface area contributed by atoms with E-state index in [0.717, 1.165) is 0 Å². The Hall–Kier alpha value is -1.03. The van der Waals surface area contributed by atoms with Crippen LogP contribution in [0.15, 0.2) is 17.6 Å². The Morgan fingerprint density at radius 3 is 2.45 bits per heavy atom. The first-order chi connectivity index (χ1) is 9.26. The van der Waals surface area contributed by atoms with Crippen molar-refractivity contribution in [3.63, 3.8) is 0 Å². The standard InChI is InChI=1S/C11H19N5O2S2/c1-11(2,10(12)19)15-3-5-16(6-4-15)20(17,18)9-7-13-8-14-9/h7-8H,3-6H2,1-2H3,(H2,12,19)(H,13,14). The second-order valence-corrected chi connectivity index (χ2v) is 7.58. The molecule has 0 amide bonds. The van der Waals surface area contributed by atoms with Gasteiger partial charge in [-0.25, -0.2) is 13.4 Å². The molecular formula is C11H19N5O2S2. The van der Waals surface area contributed by atoms with Crippen LogP contribution in [0.3, 0.4) is 0 Å². The van der Waals surface area contributed by atoms with Gasteiger partial charge in [-0.1, -0.05) is 12.2 Å². The van der Waals surface area contributed by atoms with Crippen LogP contribution in [-0.4, -0.2) is 64.3 Å². The van der Waals surface area contributed by atoms with Gasteiger partial charge >= 0.3 is 0 Å². The molecule has 0 aliphatic carbocycles. The quantitative estimate of drug-likeness (QED) is 0.746. The molecule has 0 spiro atoms. The molecule has 2 rings (SSSR count). The Balaban J connectivity index is 2.07. The van der Waals surface area contributed by atoms with E-state index in [9.17, 15) is 8.42 Å². The lowest BCUT2D eigenvalue weighted by Crippen LogP contribution is -2.59. The molecule has 1 saturated heterocycles. The van der Waals surface area contributed by atoms with Gasteiger partial charge in [0.05, 0.1) is 23.1 Å². The van der Waals surface area contributed by atoms with Crippen molar-refractivity contribution in [3.8, 4) is 0 Å². The van der Waals surface area contributed by atoms with Crippen LogP contribution in [0.25, 0.3) is 0 Å². The number of piperazine rings is 1. The van der Waals surface area contributed by atoms with Crippen molar-refractivity contribution in [1.82, 2.24) is 19.2 Å². The number of thiocarbonyl (C=S) groups is 1. The van der Waals surface area contributed by atoms with E-state index in [1.54, 1.807) is 0 Å². The molecule has 0 unspecified atom stereocenters. The van der Waals surface area contributed by atoms with Crippen molar-refractivity contribution in [2.24, 2.45) is 5.73 Å². The molecule has 1 aromatic heterocycles. The first kappa shape index (κ1) is 15.4. The van der Waals surface area contributed by atoms with Gasteiger partial charge in [-0.2, -0.15) is 4.31 Å². The number of aromatic amines is 1. The number of hydrogen-bond acceptors (Lipinski definition) is 5. The lowest BCUT2D eigenvalue weighted by atomic mass is 10.0. The van der Waals surface area contributed by atoms with E-state index in [0.29, 0.717) is 31.2 Å².